The highest BCUT2D eigenvalue weighted by Gasteiger charge is 2.25. The summed E-state index contributed by atoms with van der Waals surface area (Å²) in [5, 5.41) is 7.60. The maximum atomic E-state index is 2.50. The second-order valence-electron chi connectivity index (χ2n) is 12.5. The molecule has 0 aliphatic carbocycles. The van der Waals surface area contributed by atoms with Gasteiger partial charge in [-0.2, -0.15) is 0 Å². The predicted octanol–water partition coefficient (Wildman–Crippen LogP) is 12.4. The molecule has 0 amide bonds. The predicted molar refractivity (Wildman–Crippen MR) is 203 cm³/mol. The van der Waals surface area contributed by atoms with Gasteiger partial charge in [0.2, 0.25) is 0 Å². The number of fused-ring (bicyclic) bond motifs is 10. The summed E-state index contributed by atoms with van der Waals surface area (Å²) in [5.74, 6) is 0. The molecule has 0 aliphatic heterocycles. The molecule has 0 bridgehead atoms. The van der Waals surface area contributed by atoms with Gasteiger partial charge in [-0.15, -0.1) is 0 Å². The van der Waals surface area contributed by atoms with Crippen molar-refractivity contribution in [3.05, 3.63) is 182 Å². The van der Waals surface area contributed by atoms with Gasteiger partial charge in [0.1, 0.15) is 0 Å². The van der Waals surface area contributed by atoms with Gasteiger partial charge in [-0.3, -0.25) is 0 Å². The van der Waals surface area contributed by atoms with Gasteiger partial charge in [0.25, 0.3) is 0 Å². The molecule has 2 heterocycles. The van der Waals surface area contributed by atoms with Crippen LogP contribution in [0, 0.1) is 0 Å². The number of nitrogens with zero attached hydrogens (tertiary/aromatic N) is 2. The zero-order chi connectivity index (χ0) is 31.6. The maximum absolute atomic E-state index is 2.50. The molecular weight excluding hydrogens is 581 g/mol. The molecule has 0 saturated carbocycles. The van der Waals surface area contributed by atoms with Crippen LogP contribution in [0.25, 0.3) is 88.0 Å². The van der Waals surface area contributed by atoms with Gasteiger partial charge >= 0.3 is 0 Å². The zero-order valence-corrected chi connectivity index (χ0v) is 26.2. The molecule has 0 N–H and O–H groups in total. The quantitative estimate of drug-likeness (QED) is 0.188. The van der Waals surface area contributed by atoms with Crippen molar-refractivity contribution in [1.82, 2.24) is 9.13 Å². The fourth-order valence-corrected chi connectivity index (χ4v) is 7.80. The van der Waals surface area contributed by atoms with E-state index in [2.05, 4.69) is 191 Å². The van der Waals surface area contributed by atoms with Crippen molar-refractivity contribution in [2.24, 2.45) is 0 Å². The molecule has 2 nitrogen and oxygen atoms in total. The van der Waals surface area contributed by atoms with E-state index < -0.39 is 0 Å². The first-order valence-electron chi connectivity index (χ1n) is 16.5. The Bertz CT molecular complexity index is 2600. The van der Waals surface area contributed by atoms with Gasteiger partial charge in [-0.1, -0.05) is 146 Å². The standard InChI is InChI=1S/C46H30N2/c1-5-15-31(16-6-1)33-25-27-39-41(29-33)47(35-19-9-3-10-20-35)45-43(39)37-23-13-14-24-38(37)44-40-28-26-34(32-17-7-2-8-18-32)30-42(40)48(46(44)45)36-21-11-4-12-22-36/h1-30H. The Morgan fingerprint density at radius 2 is 0.625 bits per heavy atom. The fraction of sp³-hybridized carbons (Fsp3) is 0. The smallest absolute Gasteiger partial charge is 0.0795 e. The lowest BCUT2D eigenvalue weighted by Gasteiger charge is -2.14. The van der Waals surface area contributed by atoms with Crippen LogP contribution in [-0.2, 0) is 0 Å². The molecule has 0 saturated heterocycles. The molecule has 48 heavy (non-hydrogen) atoms. The van der Waals surface area contributed by atoms with E-state index in [-0.39, 0.29) is 0 Å². The Morgan fingerprint density at radius 3 is 1.02 bits per heavy atom. The van der Waals surface area contributed by atoms with Crippen molar-refractivity contribution in [2.45, 2.75) is 0 Å². The number of benzene rings is 8. The first kappa shape index (κ1) is 26.8. The summed E-state index contributed by atoms with van der Waals surface area (Å²) in [4.78, 5) is 0. The van der Waals surface area contributed by atoms with Crippen LogP contribution in [0.1, 0.15) is 0 Å². The summed E-state index contributed by atoms with van der Waals surface area (Å²) in [6.45, 7) is 0. The molecule has 224 valence electrons. The minimum absolute atomic E-state index is 1.15. The van der Waals surface area contributed by atoms with Crippen molar-refractivity contribution in [3.8, 4) is 33.6 Å². The van der Waals surface area contributed by atoms with E-state index in [0.717, 1.165) is 11.4 Å². The van der Waals surface area contributed by atoms with Crippen molar-refractivity contribution >= 4 is 54.4 Å². The number of para-hydroxylation sites is 2. The van der Waals surface area contributed by atoms with Crippen LogP contribution >= 0.6 is 0 Å². The summed E-state index contributed by atoms with van der Waals surface area (Å²) in [6, 6.07) is 66.1. The Morgan fingerprint density at radius 1 is 0.271 bits per heavy atom. The fourth-order valence-electron chi connectivity index (χ4n) is 7.80. The Hall–Kier alpha value is -6.38. The summed E-state index contributed by atoms with van der Waals surface area (Å²) in [5.41, 5.74) is 12.0. The Balaban J connectivity index is 1.48. The monoisotopic (exact) mass is 610 g/mol. The van der Waals surface area contributed by atoms with Crippen LogP contribution in [0.2, 0.25) is 0 Å². The summed E-state index contributed by atoms with van der Waals surface area (Å²) in [7, 11) is 0. The van der Waals surface area contributed by atoms with Crippen LogP contribution in [0.15, 0.2) is 182 Å². The SMILES string of the molecule is c1ccc(-c2ccc3c4c5ccccc5c5c6ccc(-c7ccccc7)cc6n(-c6ccccc6)c5c4n(-c4ccccc4)c3c2)cc1. The van der Waals surface area contributed by atoms with Gasteiger partial charge in [-0.05, 0) is 69.4 Å². The summed E-state index contributed by atoms with van der Waals surface area (Å²) >= 11 is 0. The van der Waals surface area contributed by atoms with Crippen LogP contribution in [0.3, 0.4) is 0 Å². The zero-order valence-electron chi connectivity index (χ0n) is 26.2. The van der Waals surface area contributed by atoms with E-state index in [1.54, 1.807) is 0 Å². The molecular formula is C46H30N2. The lowest BCUT2D eigenvalue weighted by Crippen LogP contribution is -1.99. The first-order chi connectivity index (χ1) is 23.8. The molecule has 0 spiro atoms. The number of hydrogen-bond donors (Lipinski definition) is 0. The number of rotatable bonds is 4. The van der Waals surface area contributed by atoms with E-state index in [9.17, 15) is 0 Å². The molecule has 0 unspecified atom stereocenters. The lowest BCUT2D eigenvalue weighted by molar-refractivity contribution is 1.15. The van der Waals surface area contributed by atoms with E-state index in [1.807, 2.05) is 0 Å². The second kappa shape index (κ2) is 10.6. The van der Waals surface area contributed by atoms with Crippen LogP contribution in [0.5, 0.6) is 0 Å². The normalized spacial score (nSPS) is 11.8. The van der Waals surface area contributed by atoms with Crippen molar-refractivity contribution in [2.75, 3.05) is 0 Å². The Labute approximate surface area is 278 Å². The lowest BCUT2D eigenvalue weighted by atomic mass is 9.97. The second-order valence-corrected chi connectivity index (χ2v) is 12.5. The van der Waals surface area contributed by atoms with Crippen molar-refractivity contribution < 1.29 is 0 Å². The summed E-state index contributed by atoms with van der Waals surface area (Å²) in [6.07, 6.45) is 0. The summed E-state index contributed by atoms with van der Waals surface area (Å²) < 4.78 is 5.00. The molecule has 0 radical (unpaired) electrons. The molecule has 10 aromatic rings. The van der Waals surface area contributed by atoms with Crippen LogP contribution < -0.4 is 0 Å². The topological polar surface area (TPSA) is 9.86 Å². The van der Waals surface area contributed by atoms with Crippen molar-refractivity contribution in [3.63, 3.8) is 0 Å². The molecule has 0 fully saturated rings. The highest BCUT2D eigenvalue weighted by molar-refractivity contribution is 6.36. The van der Waals surface area contributed by atoms with Crippen LogP contribution in [0.4, 0.5) is 0 Å². The van der Waals surface area contributed by atoms with Gasteiger partial charge in [-0.25, -0.2) is 0 Å². The number of hydrogen-bond acceptors (Lipinski definition) is 0. The minimum Gasteiger partial charge on any atom is -0.307 e. The van der Waals surface area contributed by atoms with Gasteiger partial charge in [0.05, 0.1) is 22.1 Å². The minimum atomic E-state index is 1.15. The third-order valence-corrected chi connectivity index (χ3v) is 9.87. The molecule has 0 atom stereocenters. The molecule has 10 rings (SSSR count). The maximum Gasteiger partial charge on any atom is 0.0795 e. The van der Waals surface area contributed by atoms with Gasteiger partial charge < -0.3 is 9.13 Å². The highest BCUT2D eigenvalue weighted by Crippen LogP contribution is 2.47. The molecule has 0 aliphatic rings. The third kappa shape index (κ3) is 3.93. The average Bonchev–Trinajstić information content (AvgIpc) is 3.69. The van der Waals surface area contributed by atoms with Gasteiger partial charge in [0.15, 0.2) is 0 Å². The molecule has 2 aromatic heterocycles. The molecule has 2 heteroatoms. The molecule has 8 aromatic carbocycles. The van der Waals surface area contributed by atoms with E-state index in [1.165, 1.54) is 76.6 Å². The Kier molecular flexibility index (Phi) is 5.91. The van der Waals surface area contributed by atoms with Crippen molar-refractivity contribution in [1.29, 1.82) is 0 Å². The van der Waals surface area contributed by atoms with Gasteiger partial charge in [0, 0.05) is 32.9 Å². The third-order valence-electron chi connectivity index (χ3n) is 9.87. The first-order valence-corrected chi connectivity index (χ1v) is 16.5. The van der Waals surface area contributed by atoms with Crippen LogP contribution in [-0.4, -0.2) is 9.13 Å². The van der Waals surface area contributed by atoms with E-state index in [4.69, 9.17) is 0 Å². The van der Waals surface area contributed by atoms with E-state index >= 15 is 0 Å². The van der Waals surface area contributed by atoms with E-state index in [0.29, 0.717) is 0 Å². The largest absolute Gasteiger partial charge is 0.307 e. The highest BCUT2D eigenvalue weighted by atomic mass is 15.0. The average molecular weight is 611 g/mol. The number of aromatic nitrogens is 2.